The molecule has 0 bridgehead atoms. The molecule has 0 spiro atoms. The fourth-order valence-electron chi connectivity index (χ4n) is 2.18. The maximum absolute atomic E-state index is 11.4. The van der Waals surface area contributed by atoms with E-state index in [0.29, 0.717) is 12.1 Å². The van der Waals surface area contributed by atoms with Gasteiger partial charge < -0.3 is 0 Å². The van der Waals surface area contributed by atoms with Crippen molar-refractivity contribution in [2.45, 2.75) is 0 Å². The Hall–Kier alpha value is -4.22. The molecule has 26 heavy (non-hydrogen) atoms. The third-order valence-electron chi connectivity index (χ3n) is 3.24. The molecule has 0 radical (unpaired) electrons. The third kappa shape index (κ3) is 3.64. The SMILES string of the molecule is O=[N+]([O-])/C(=C/c1ccccc1)c1c([N+](=O)[O-])cc([N+](=O)[O-])cc1[N+](=O)[O-]. The van der Waals surface area contributed by atoms with Crippen LogP contribution in [0.2, 0.25) is 0 Å². The van der Waals surface area contributed by atoms with E-state index in [0.717, 1.165) is 6.08 Å². The van der Waals surface area contributed by atoms with Crippen LogP contribution in [0.1, 0.15) is 11.1 Å². The van der Waals surface area contributed by atoms with Gasteiger partial charge in [0.2, 0.25) is 5.56 Å². The van der Waals surface area contributed by atoms with Crippen molar-refractivity contribution >= 4 is 28.8 Å². The van der Waals surface area contributed by atoms with Crippen LogP contribution in [0.5, 0.6) is 0 Å². The Morgan fingerprint density at radius 3 is 1.65 bits per heavy atom. The summed E-state index contributed by atoms with van der Waals surface area (Å²) < 4.78 is 0. The summed E-state index contributed by atoms with van der Waals surface area (Å²) in [6.45, 7) is 0. The normalized spacial score (nSPS) is 11.0. The molecular weight excluding hydrogens is 352 g/mol. The van der Waals surface area contributed by atoms with Gasteiger partial charge in [0.15, 0.2) is 0 Å². The molecule has 0 aliphatic carbocycles. The molecule has 0 amide bonds. The molecule has 0 aromatic heterocycles. The average Bonchev–Trinajstić information content (AvgIpc) is 2.59. The highest BCUT2D eigenvalue weighted by Crippen LogP contribution is 2.39. The predicted octanol–water partition coefficient (Wildman–Crippen LogP) is 3.19. The van der Waals surface area contributed by atoms with Gasteiger partial charge in [-0.2, -0.15) is 0 Å². The molecule has 0 aliphatic rings. The second-order valence-electron chi connectivity index (χ2n) is 4.83. The molecule has 0 fully saturated rings. The fraction of sp³-hybridized carbons (Fsp3) is 0. The molecule has 0 atom stereocenters. The third-order valence-corrected chi connectivity index (χ3v) is 3.24. The standard InChI is InChI=1S/C14H8N4O8/c19-15(20)10-7-12(17(23)24)14(13(8-10)18(25)26)11(16(21)22)6-9-4-2-1-3-5-9/h1-8H/b11-6+. The van der Waals surface area contributed by atoms with Crippen LogP contribution >= 0.6 is 0 Å². The van der Waals surface area contributed by atoms with E-state index >= 15 is 0 Å². The Morgan fingerprint density at radius 2 is 1.27 bits per heavy atom. The van der Waals surface area contributed by atoms with Gasteiger partial charge >= 0.3 is 0 Å². The smallest absolute Gasteiger partial charge is 0.258 e. The highest BCUT2D eigenvalue weighted by Gasteiger charge is 2.37. The van der Waals surface area contributed by atoms with Crippen LogP contribution in [-0.2, 0) is 0 Å². The summed E-state index contributed by atoms with van der Waals surface area (Å²) >= 11 is 0. The van der Waals surface area contributed by atoms with E-state index in [2.05, 4.69) is 0 Å². The summed E-state index contributed by atoms with van der Waals surface area (Å²) in [6, 6.07) is 8.51. The Kier molecular flexibility index (Phi) is 4.97. The summed E-state index contributed by atoms with van der Waals surface area (Å²) in [4.78, 5) is 40.5. The monoisotopic (exact) mass is 360 g/mol. The lowest BCUT2D eigenvalue weighted by molar-refractivity contribution is -0.408. The van der Waals surface area contributed by atoms with Crippen molar-refractivity contribution in [3.05, 3.63) is 94.0 Å². The minimum atomic E-state index is -1.14. The van der Waals surface area contributed by atoms with Gasteiger partial charge in [0, 0.05) is 6.08 Å². The van der Waals surface area contributed by atoms with E-state index in [1.54, 1.807) is 18.2 Å². The number of non-ortho nitro benzene ring substituents is 1. The molecule has 12 nitrogen and oxygen atoms in total. The molecule has 0 saturated carbocycles. The maximum Gasteiger partial charge on any atom is 0.297 e. The van der Waals surface area contributed by atoms with Crippen LogP contribution in [0, 0.1) is 40.5 Å². The first-order valence-electron chi connectivity index (χ1n) is 6.75. The molecule has 2 aromatic carbocycles. The van der Waals surface area contributed by atoms with Crippen LogP contribution in [0.15, 0.2) is 42.5 Å². The lowest BCUT2D eigenvalue weighted by Gasteiger charge is -2.03. The Labute approximate surface area is 143 Å². The van der Waals surface area contributed by atoms with E-state index in [-0.39, 0.29) is 5.56 Å². The summed E-state index contributed by atoms with van der Waals surface area (Å²) in [5, 5.41) is 44.8. The van der Waals surface area contributed by atoms with E-state index in [1.807, 2.05) is 0 Å². The molecule has 12 heteroatoms. The number of hydrogen-bond acceptors (Lipinski definition) is 8. The van der Waals surface area contributed by atoms with E-state index < -0.39 is 48.0 Å². The van der Waals surface area contributed by atoms with Crippen molar-refractivity contribution in [3.63, 3.8) is 0 Å². The van der Waals surface area contributed by atoms with Crippen LogP contribution in [0.25, 0.3) is 11.8 Å². The fourth-order valence-corrected chi connectivity index (χ4v) is 2.18. The summed E-state index contributed by atoms with van der Waals surface area (Å²) in [5.41, 5.74) is -4.71. The Balaban J connectivity index is 2.89. The minimum Gasteiger partial charge on any atom is -0.258 e. The molecule has 0 unspecified atom stereocenters. The van der Waals surface area contributed by atoms with Gasteiger partial charge in [-0.05, 0) is 5.56 Å². The zero-order chi connectivity index (χ0) is 19.4. The summed E-state index contributed by atoms with van der Waals surface area (Å²) in [5.74, 6) is 0. The number of hydrogen-bond donors (Lipinski definition) is 0. The lowest BCUT2D eigenvalue weighted by atomic mass is 10.0. The molecule has 2 rings (SSSR count). The summed E-state index contributed by atoms with van der Waals surface area (Å²) in [7, 11) is 0. The second kappa shape index (κ2) is 7.12. The van der Waals surface area contributed by atoms with Gasteiger partial charge in [-0.3, -0.25) is 40.5 Å². The van der Waals surface area contributed by atoms with E-state index in [4.69, 9.17) is 0 Å². The van der Waals surface area contributed by atoms with Crippen molar-refractivity contribution in [2.75, 3.05) is 0 Å². The van der Waals surface area contributed by atoms with Crippen molar-refractivity contribution in [1.29, 1.82) is 0 Å². The molecule has 2 aromatic rings. The van der Waals surface area contributed by atoms with Crippen LogP contribution in [-0.4, -0.2) is 19.7 Å². The molecule has 0 N–H and O–H groups in total. The number of nitro groups is 4. The van der Waals surface area contributed by atoms with Gasteiger partial charge in [0.25, 0.3) is 22.8 Å². The lowest BCUT2D eigenvalue weighted by Crippen LogP contribution is -2.07. The summed E-state index contributed by atoms with van der Waals surface area (Å²) in [6.07, 6.45) is 0.918. The number of rotatable bonds is 6. The Bertz CT molecular complexity index is 920. The predicted molar refractivity (Wildman–Crippen MR) is 87.7 cm³/mol. The van der Waals surface area contributed by atoms with Crippen molar-refractivity contribution < 1.29 is 19.7 Å². The first kappa shape index (κ1) is 18.1. The first-order chi connectivity index (χ1) is 12.2. The second-order valence-corrected chi connectivity index (χ2v) is 4.83. The van der Waals surface area contributed by atoms with Gasteiger partial charge in [-0.15, -0.1) is 0 Å². The van der Waals surface area contributed by atoms with Gasteiger partial charge in [-0.25, -0.2) is 0 Å². The van der Waals surface area contributed by atoms with Crippen molar-refractivity contribution in [2.24, 2.45) is 0 Å². The quantitative estimate of drug-likeness (QED) is 0.429. The van der Waals surface area contributed by atoms with Crippen LogP contribution in [0.4, 0.5) is 17.1 Å². The van der Waals surface area contributed by atoms with Crippen molar-refractivity contribution in [3.8, 4) is 0 Å². The van der Waals surface area contributed by atoms with Crippen molar-refractivity contribution in [1.82, 2.24) is 0 Å². The molecule has 132 valence electrons. The zero-order valence-electron chi connectivity index (χ0n) is 12.7. The topological polar surface area (TPSA) is 173 Å². The zero-order valence-corrected chi connectivity index (χ0v) is 12.7. The first-order valence-corrected chi connectivity index (χ1v) is 6.75. The number of nitro benzene ring substituents is 3. The molecule has 0 heterocycles. The number of benzene rings is 2. The highest BCUT2D eigenvalue weighted by atomic mass is 16.6. The van der Waals surface area contributed by atoms with Gasteiger partial charge in [-0.1, -0.05) is 30.3 Å². The maximum atomic E-state index is 11.4. The molecule has 0 aliphatic heterocycles. The van der Waals surface area contributed by atoms with Gasteiger partial charge in [0.1, 0.15) is 0 Å². The number of nitrogens with zero attached hydrogens (tertiary/aromatic N) is 4. The largest absolute Gasteiger partial charge is 0.297 e. The highest BCUT2D eigenvalue weighted by molar-refractivity contribution is 5.86. The minimum absolute atomic E-state index is 0.265. The van der Waals surface area contributed by atoms with Crippen LogP contribution in [0.3, 0.4) is 0 Å². The average molecular weight is 360 g/mol. The van der Waals surface area contributed by atoms with Crippen LogP contribution < -0.4 is 0 Å². The van der Waals surface area contributed by atoms with E-state index in [1.165, 1.54) is 12.1 Å². The Morgan fingerprint density at radius 1 is 0.769 bits per heavy atom. The van der Waals surface area contributed by atoms with E-state index in [9.17, 15) is 40.5 Å². The molecular formula is C14H8N4O8. The van der Waals surface area contributed by atoms with Gasteiger partial charge in [0.05, 0.1) is 31.8 Å². The molecule has 0 saturated heterocycles.